The fourth-order valence-corrected chi connectivity index (χ4v) is 0.922. The third kappa shape index (κ3) is 5.51. The fraction of sp³-hybridized carbons (Fsp3) is 0.778. The lowest BCUT2D eigenvalue weighted by molar-refractivity contribution is -0.122. The van der Waals surface area contributed by atoms with Gasteiger partial charge < -0.3 is 10.4 Å². The van der Waals surface area contributed by atoms with Gasteiger partial charge in [-0.1, -0.05) is 0 Å². The van der Waals surface area contributed by atoms with E-state index in [1.54, 1.807) is 11.9 Å². The molecule has 0 aliphatic heterocycles. The van der Waals surface area contributed by atoms with Gasteiger partial charge in [0.1, 0.15) is 0 Å². The summed E-state index contributed by atoms with van der Waals surface area (Å²) in [5, 5.41) is 19.5. The Labute approximate surface area is 84.3 Å². The molecule has 5 heteroatoms. The van der Waals surface area contributed by atoms with E-state index >= 15 is 0 Å². The summed E-state index contributed by atoms with van der Waals surface area (Å²) in [6.07, 6.45) is 0.407. The van der Waals surface area contributed by atoms with Gasteiger partial charge >= 0.3 is 0 Å². The van der Waals surface area contributed by atoms with Crippen molar-refractivity contribution < 1.29 is 9.90 Å². The molecular weight excluding hydrogens is 182 g/mol. The number of aliphatic hydroxyl groups is 1. The van der Waals surface area contributed by atoms with Crippen molar-refractivity contribution in [2.75, 3.05) is 26.7 Å². The minimum atomic E-state index is -0.133. The summed E-state index contributed by atoms with van der Waals surface area (Å²) in [5.74, 6) is -0.133. The van der Waals surface area contributed by atoms with Gasteiger partial charge in [-0.15, -0.1) is 0 Å². The van der Waals surface area contributed by atoms with E-state index in [0.29, 0.717) is 6.42 Å². The minimum absolute atomic E-state index is 0.0524. The number of aliphatic hydroxyl groups excluding tert-OH is 1. The molecule has 0 saturated carbocycles. The van der Waals surface area contributed by atoms with Gasteiger partial charge in [-0.25, -0.2) is 0 Å². The van der Waals surface area contributed by atoms with E-state index < -0.39 is 0 Å². The largest absolute Gasteiger partial charge is 0.395 e. The van der Waals surface area contributed by atoms with Crippen molar-refractivity contribution in [3.63, 3.8) is 0 Å². The minimum Gasteiger partial charge on any atom is -0.395 e. The van der Waals surface area contributed by atoms with Gasteiger partial charge in [0.05, 0.1) is 25.6 Å². The summed E-state index contributed by atoms with van der Waals surface area (Å²) in [6, 6.07) is 2.12. The van der Waals surface area contributed by atoms with E-state index in [2.05, 4.69) is 11.4 Å². The number of nitrogens with zero attached hydrogens (tertiary/aromatic N) is 2. The van der Waals surface area contributed by atoms with Crippen LogP contribution in [-0.4, -0.2) is 48.7 Å². The number of hydrogen-bond donors (Lipinski definition) is 2. The number of nitrogens with one attached hydrogen (secondary N) is 1. The van der Waals surface area contributed by atoms with Crippen molar-refractivity contribution >= 4 is 5.91 Å². The summed E-state index contributed by atoms with van der Waals surface area (Å²) >= 11 is 0. The van der Waals surface area contributed by atoms with E-state index in [1.807, 2.05) is 6.92 Å². The molecule has 0 spiro atoms. The molecule has 0 bridgehead atoms. The van der Waals surface area contributed by atoms with Crippen molar-refractivity contribution in [1.29, 1.82) is 5.26 Å². The zero-order chi connectivity index (χ0) is 11.0. The van der Waals surface area contributed by atoms with Crippen molar-refractivity contribution in [1.82, 2.24) is 10.2 Å². The SMILES string of the molecule is CC(CC#N)N(C)CC(=O)NCCO. The normalized spacial score (nSPS) is 12.2. The molecule has 0 aliphatic carbocycles. The first kappa shape index (κ1) is 12.9. The third-order valence-electron chi connectivity index (χ3n) is 1.97. The molecule has 0 aromatic carbocycles. The molecular formula is C9H17N3O2. The topological polar surface area (TPSA) is 76.4 Å². The molecule has 0 aliphatic rings. The summed E-state index contributed by atoms with van der Waals surface area (Å²) in [5.41, 5.74) is 0. The Morgan fingerprint density at radius 2 is 2.36 bits per heavy atom. The highest BCUT2D eigenvalue weighted by Gasteiger charge is 2.11. The molecule has 1 atom stereocenters. The maximum atomic E-state index is 11.2. The van der Waals surface area contributed by atoms with Crippen LogP contribution < -0.4 is 5.32 Å². The molecule has 0 saturated heterocycles. The smallest absolute Gasteiger partial charge is 0.234 e. The van der Waals surface area contributed by atoms with Gasteiger partial charge in [0.25, 0.3) is 0 Å². The second kappa shape index (κ2) is 7.30. The Balaban J connectivity index is 3.76. The Bertz CT molecular complexity index is 213. The molecule has 0 heterocycles. The van der Waals surface area contributed by atoms with Gasteiger partial charge in [-0.05, 0) is 14.0 Å². The fourth-order valence-electron chi connectivity index (χ4n) is 0.922. The lowest BCUT2D eigenvalue weighted by Gasteiger charge is -2.21. The second-order valence-corrected chi connectivity index (χ2v) is 3.20. The van der Waals surface area contributed by atoms with Crippen LogP contribution in [0.3, 0.4) is 0 Å². The van der Waals surface area contributed by atoms with Crippen molar-refractivity contribution in [2.45, 2.75) is 19.4 Å². The van der Waals surface area contributed by atoms with E-state index in [4.69, 9.17) is 10.4 Å². The average molecular weight is 199 g/mol. The molecule has 0 aromatic rings. The van der Waals surface area contributed by atoms with Crippen LogP contribution in [0.15, 0.2) is 0 Å². The molecule has 0 rings (SSSR count). The first-order valence-corrected chi connectivity index (χ1v) is 4.56. The lowest BCUT2D eigenvalue weighted by atomic mass is 10.2. The Morgan fingerprint density at radius 3 is 2.86 bits per heavy atom. The second-order valence-electron chi connectivity index (χ2n) is 3.20. The van der Waals surface area contributed by atoms with Gasteiger partial charge in [0, 0.05) is 12.6 Å². The van der Waals surface area contributed by atoms with Gasteiger partial charge in [0.15, 0.2) is 0 Å². The summed E-state index contributed by atoms with van der Waals surface area (Å²) in [4.78, 5) is 13.0. The van der Waals surface area contributed by atoms with E-state index in [0.717, 1.165) is 0 Å². The van der Waals surface area contributed by atoms with Crippen LogP contribution in [-0.2, 0) is 4.79 Å². The summed E-state index contributed by atoms with van der Waals surface area (Å²) in [7, 11) is 1.79. The number of likely N-dealkylation sites (N-methyl/N-ethyl adjacent to an activating group) is 1. The lowest BCUT2D eigenvalue weighted by Crippen LogP contribution is -2.40. The highest BCUT2D eigenvalue weighted by molar-refractivity contribution is 5.77. The number of rotatable bonds is 6. The van der Waals surface area contributed by atoms with Gasteiger partial charge in [-0.3, -0.25) is 9.69 Å². The summed E-state index contributed by atoms with van der Waals surface area (Å²) in [6.45, 7) is 2.37. The number of nitriles is 1. The molecule has 2 N–H and O–H groups in total. The van der Waals surface area contributed by atoms with E-state index in [-0.39, 0.29) is 31.6 Å². The van der Waals surface area contributed by atoms with Gasteiger partial charge in [-0.2, -0.15) is 5.26 Å². The Kier molecular flexibility index (Phi) is 6.72. The predicted octanol–water partition coefficient (Wildman–Crippen LogP) is -0.671. The molecule has 1 unspecified atom stereocenters. The molecule has 1 amide bonds. The molecule has 14 heavy (non-hydrogen) atoms. The molecule has 0 fully saturated rings. The Morgan fingerprint density at radius 1 is 1.71 bits per heavy atom. The molecule has 0 aromatic heterocycles. The number of amides is 1. The van der Waals surface area contributed by atoms with Crippen LogP contribution in [0, 0.1) is 11.3 Å². The third-order valence-corrected chi connectivity index (χ3v) is 1.97. The van der Waals surface area contributed by atoms with Crippen LogP contribution in [0.5, 0.6) is 0 Å². The Hall–Kier alpha value is -1.12. The van der Waals surface area contributed by atoms with Crippen LogP contribution in [0.25, 0.3) is 0 Å². The highest BCUT2D eigenvalue weighted by atomic mass is 16.3. The number of hydrogen-bond acceptors (Lipinski definition) is 4. The van der Waals surface area contributed by atoms with Crippen LogP contribution in [0.4, 0.5) is 0 Å². The standard InChI is InChI=1S/C9H17N3O2/c1-8(3-4-10)12(2)7-9(14)11-5-6-13/h8,13H,3,5-7H2,1-2H3,(H,11,14). The first-order chi connectivity index (χ1) is 6.61. The molecule has 80 valence electrons. The van der Waals surface area contributed by atoms with Gasteiger partial charge in [0.2, 0.25) is 5.91 Å². The maximum absolute atomic E-state index is 11.2. The van der Waals surface area contributed by atoms with Crippen LogP contribution in [0.1, 0.15) is 13.3 Å². The number of carbonyl (C=O) groups is 1. The molecule has 0 radical (unpaired) electrons. The quantitative estimate of drug-likeness (QED) is 0.595. The van der Waals surface area contributed by atoms with E-state index in [9.17, 15) is 4.79 Å². The van der Waals surface area contributed by atoms with E-state index in [1.165, 1.54) is 0 Å². The monoisotopic (exact) mass is 199 g/mol. The molecule has 5 nitrogen and oxygen atoms in total. The van der Waals surface area contributed by atoms with Crippen LogP contribution >= 0.6 is 0 Å². The summed E-state index contributed by atoms with van der Waals surface area (Å²) < 4.78 is 0. The zero-order valence-electron chi connectivity index (χ0n) is 8.66. The van der Waals surface area contributed by atoms with Crippen LogP contribution in [0.2, 0.25) is 0 Å². The van der Waals surface area contributed by atoms with Crippen molar-refractivity contribution in [2.24, 2.45) is 0 Å². The zero-order valence-corrected chi connectivity index (χ0v) is 8.66. The van der Waals surface area contributed by atoms with Crippen molar-refractivity contribution in [3.05, 3.63) is 0 Å². The highest BCUT2D eigenvalue weighted by Crippen LogP contribution is 1.98. The average Bonchev–Trinajstić information content (AvgIpc) is 2.15. The predicted molar refractivity (Wildman–Crippen MR) is 52.4 cm³/mol. The number of carbonyl (C=O) groups excluding carboxylic acids is 1. The van der Waals surface area contributed by atoms with Crippen molar-refractivity contribution in [3.8, 4) is 6.07 Å². The first-order valence-electron chi connectivity index (χ1n) is 4.56. The maximum Gasteiger partial charge on any atom is 0.234 e.